The summed E-state index contributed by atoms with van der Waals surface area (Å²) in [5.74, 6) is -1.37. The standard InChI is InChI=1S/C19H27N3O3.C2HF3O2/c1-24-19-13(4-3-7-20-19)10-22-11-14-8-16(25-17(14)12-22)9-18(23)21-15-5-2-6-15;3-2(4,5)1(6)7/h3-4,7,14-17H,2,5-6,8-12H2,1H3,(H,21,23);(H,6,7)/t14-,16+,17+;/m0./s1. The maximum Gasteiger partial charge on any atom is 0.490 e. The number of carbonyl (C=O) groups is 2. The van der Waals surface area contributed by atoms with Crippen LogP contribution in [-0.2, 0) is 20.9 Å². The molecule has 0 bridgehead atoms. The van der Waals surface area contributed by atoms with E-state index in [0.29, 0.717) is 24.3 Å². The summed E-state index contributed by atoms with van der Waals surface area (Å²) >= 11 is 0. The molecule has 3 aliphatic rings. The van der Waals surface area contributed by atoms with Crippen molar-refractivity contribution >= 4 is 11.9 Å². The fourth-order valence-electron chi connectivity index (χ4n) is 4.22. The summed E-state index contributed by atoms with van der Waals surface area (Å²) < 4.78 is 43.2. The smallest absolute Gasteiger partial charge is 0.481 e. The van der Waals surface area contributed by atoms with Gasteiger partial charge >= 0.3 is 12.1 Å². The first-order valence-corrected chi connectivity index (χ1v) is 10.6. The van der Waals surface area contributed by atoms with Crippen molar-refractivity contribution in [1.82, 2.24) is 15.2 Å². The molecule has 0 radical (unpaired) electrons. The highest BCUT2D eigenvalue weighted by atomic mass is 19.4. The SMILES string of the molecule is COc1ncccc1CN1C[C@@H]2C[C@H](CC(=O)NC3CCC3)O[C@@H]2C1.O=C(O)C(F)(F)F. The predicted molar refractivity (Wildman–Crippen MR) is 107 cm³/mol. The van der Waals surface area contributed by atoms with E-state index in [0.717, 1.165) is 44.5 Å². The topological polar surface area (TPSA) is 101 Å². The first-order chi connectivity index (χ1) is 15.2. The first-order valence-electron chi connectivity index (χ1n) is 10.6. The fourth-order valence-corrected chi connectivity index (χ4v) is 4.22. The normalized spacial score (nSPS) is 25.3. The second kappa shape index (κ2) is 10.5. The van der Waals surface area contributed by atoms with Crippen LogP contribution in [0.1, 0.15) is 37.7 Å². The number of methoxy groups -OCH3 is 1. The van der Waals surface area contributed by atoms with Crippen molar-refractivity contribution in [3.05, 3.63) is 23.9 Å². The molecule has 1 saturated carbocycles. The van der Waals surface area contributed by atoms with Crippen molar-refractivity contribution in [2.24, 2.45) is 5.92 Å². The lowest BCUT2D eigenvalue weighted by Crippen LogP contribution is -2.40. The zero-order valence-electron chi connectivity index (χ0n) is 17.8. The summed E-state index contributed by atoms with van der Waals surface area (Å²) in [7, 11) is 1.66. The lowest BCUT2D eigenvalue weighted by atomic mass is 9.93. The van der Waals surface area contributed by atoms with Crippen molar-refractivity contribution in [3.8, 4) is 5.88 Å². The lowest BCUT2D eigenvalue weighted by Gasteiger charge is -2.27. The van der Waals surface area contributed by atoms with Crippen molar-refractivity contribution in [1.29, 1.82) is 0 Å². The molecule has 2 aliphatic heterocycles. The molecule has 178 valence electrons. The van der Waals surface area contributed by atoms with E-state index >= 15 is 0 Å². The van der Waals surface area contributed by atoms with Gasteiger partial charge in [-0.3, -0.25) is 9.69 Å². The van der Waals surface area contributed by atoms with Crippen LogP contribution in [0.4, 0.5) is 13.2 Å². The predicted octanol–water partition coefficient (Wildman–Crippen LogP) is 2.37. The average molecular weight is 459 g/mol. The molecule has 2 saturated heterocycles. The molecule has 0 unspecified atom stereocenters. The number of fused-ring (bicyclic) bond motifs is 1. The van der Waals surface area contributed by atoms with Crippen molar-refractivity contribution < 1.29 is 37.3 Å². The van der Waals surface area contributed by atoms with Crippen LogP contribution < -0.4 is 10.1 Å². The third-order valence-corrected chi connectivity index (χ3v) is 5.95. The molecule has 4 rings (SSSR count). The molecule has 3 heterocycles. The number of alkyl halides is 3. The fraction of sp³-hybridized carbons (Fsp3) is 0.667. The zero-order chi connectivity index (χ0) is 23.3. The van der Waals surface area contributed by atoms with Gasteiger partial charge in [0.2, 0.25) is 11.8 Å². The molecule has 0 spiro atoms. The second-order valence-corrected chi connectivity index (χ2v) is 8.36. The number of aromatic nitrogens is 1. The summed E-state index contributed by atoms with van der Waals surface area (Å²) in [5, 5.41) is 10.2. The van der Waals surface area contributed by atoms with Gasteiger partial charge in [0.15, 0.2) is 0 Å². The molecule has 3 atom stereocenters. The minimum Gasteiger partial charge on any atom is -0.481 e. The third-order valence-electron chi connectivity index (χ3n) is 5.95. The number of carbonyl (C=O) groups excluding carboxylic acids is 1. The van der Waals surface area contributed by atoms with E-state index in [1.165, 1.54) is 6.42 Å². The van der Waals surface area contributed by atoms with Crippen LogP contribution in [0, 0.1) is 5.92 Å². The Morgan fingerprint density at radius 2 is 2.06 bits per heavy atom. The van der Waals surface area contributed by atoms with Crippen LogP contribution >= 0.6 is 0 Å². The molecule has 0 aromatic carbocycles. The highest BCUT2D eigenvalue weighted by Crippen LogP contribution is 2.35. The molecule has 1 aromatic rings. The van der Waals surface area contributed by atoms with Crippen LogP contribution in [0.25, 0.3) is 0 Å². The highest BCUT2D eigenvalue weighted by molar-refractivity contribution is 5.77. The van der Waals surface area contributed by atoms with Crippen LogP contribution in [0.3, 0.4) is 0 Å². The molecule has 2 N–H and O–H groups in total. The van der Waals surface area contributed by atoms with Gasteiger partial charge < -0.3 is 19.9 Å². The molecular weight excluding hydrogens is 431 g/mol. The lowest BCUT2D eigenvalue weighted by molar-refractivity contribution is -0.192. The Labute approximate surface area is 184 Å². The number of pyridine rings is 1. The van der Waals surface area contributed by atoms with E-state index in [4.69, 9.17) is 19.4 Å². The van der Waals surface area contributed by atoms with Gasteiger partial charge in [-0.05, 0) is 31.7 Å². The number of nitrogens with one attached hydrogen (secondary N) is 1. The molecule has 3 fully saturated rings. The minimum absolute atomic E-state index is 0.0881. The monoisotopic (exact) mass is 459 g/mol. The number of hydrogen-bond donors (Lipinski definition) is 2. The van der Waals surface area contributed by atoms with Gasteiger partial charge in [0.25, 0.3) is 0 Å². The number of aliphatic carboxylic acids is 1. The molecule has 8 nitrogen and oxygen atoms in total. The molecule has 1 aromatic heterocycles. The maximum atomic E-state index is 12.1. The van der Waals surface area contributed by atoms with E-state index in [9.17, 15) is 18.0 Å². The van der Waals surface area contributed by atoms with Gasteiger partial charge in [0.1, 0.15) is 0 Å². The van der Waals surface area contributed by atoms with E-state index < -0.39 is 12.1 Å². The Morgan fingerprint density at radius 3 is 2.62 bits per heavy atom. The van der Waals surface area contributed by atoms with E-state index in [1.54, 1.807) is 13.3 Å². The Morgan fingerprint density at radius 1 is 1.34 bits per heavy atom. The number of amides is 1. The van der Waals surface area contributed by atoms with Crippen molar-refractivity contribution in [2.45, 2.75) is 63.1 Å². The highest BCUT2D eigenvalue weighted by Gasteiger charge is 2.42. The van der Waals surface area contributed by atoms with Gasteiger partial charge in [-0.1, -0.05) is 6.07 Å². The average Bonchev–Trinajstić information content (AvgIpc) is 3.22. The van der Waals surface area contributed by atoms with Gasteiger partial charge in [-0.25, -0.2) is 9.78 Å². The van der Waals surface area contributed by atoms with Gasteiger partial charge in [-0.15, -0.1) is 0 Å². The third kappa shape index (κ3) is 6.55. The van der Waals surface area contributed by atoms with E-state index in [-0.39, 0.29) is 18.1 Å². The summed E-state index contributed by atoms with van der Waals surface area (Å²) in [6.07, 6.45) is 2.03. The van der Waals surface area contributed by atoms with Crippen LogP contribution in [0.15, 0.2) is 18.3 Å². The number of nitrogens with zero attached hydrogens (tertiary/aromatic N) is 2. The summed E-state index contributed by atoms with van der Waals surface area (Å²) in [5.41, 5.74) is 1.11. The number of hydrogen-bond acceptors (Lipinski definition) is 6. The Kier molecular flexibility index (Phi) is 7.94. The Bertz CT molecular complexity index is 789. The van der Waals surface area contributed by atoms with Crippen LogP contribution in [-0.4, -0.2) is 71.5 Å². The zero-order valence-corrected chi connectivity index (χ0v) is 17.8. The Balaban J connectivity index is 0.000000360. The van der Waals surface area contributed by atoms with Gasteiger partial charge in [0.05, 0.1) is 25.7 Å². The number of likely N-dealkylation sites (tertiary alicyclic amines) is 1. The van der Waals surface area contributed by atoms with Crippen LogP contribution in [0.5, 0.6) is 5.88 Å². The van der Waals surface area contributed by atoms with Crippen LogP contribution in [0.2, 0.25) is 0 Å². The molecular formula is C21H28F3N3O5. The molecule has 11 heteroatoms. The molecule has 1 aliphatic carbocycles. The first kappa shape index (κ1) is 24.2. The van der Waals surface area contributed by atoms with Gasteiger partial charge in [-0.2, -0.15) is 13.2 Å². The minimum atomic E-state index is -5.08. The van der Waals surface area contributed by atoms with E-state index in [2.05, 4.69) is 21.3 Å². The largest absolute Gasteiger partial charge is 0.490 e. The van der Waals surface area contributed by atoms with E-state index in [1.807, 2.05) is 6.07 Å². The number of halogens is 3. The van der Waals surface area contributed by atoms with Crippen molar-refractivity contribution in [3.63, 3.8) is 0 Å². The quantitative estimate of drug-likeness (QED) is 0.674. The Hall–Kier alpha value is -2.40. The number of carboxylic acids is 1. The number of carboxylic acid groups (broad SMARTS) is 1. The number of ether oxygens (including phenoxy) is 2. The van der Waals surface area contributed by atoms with Crippen molar-refractivity contribution in [2.75, 3.05) is 20.2 Å². The summed E-state index contributed by atoms with van der Waals surface area (Å²) in [6.45, 7) is 2.77. The number of rotatable bonds is 6. The molecule has 1 amide bonds. The summed E-state index contributed by atoms with van der Waals surface area (Å²) in [6, 6.07) is 4.43. The maximum absolute atomic E-state index is 12.1. The molecule has 32 heavy (non-hydrogen) atoms. The van der Waals surface area contributed by atoms with Gasteiger partial charge in [0, 0.05) is 43.4 Å². The summed E-state index contributed by atoms with van der Waals surface area (Å²) in [4.78, 5) is 27.6. The second-order valence-electron chi connectivity index (χ2n) is 8.36.